The van der Waals surface area contributed by atoms with E-state index in [0.717, 1.165) is 31.5 Å². The number of anilines is 2. The lowest BCUT2D eigenvalue weighted by Crippen LogP contribution is -2.43. The number of rotatable bonds is 9. The molecule has 2 heterocycles. The van der Waals surface area contributed by atoms with Crippen molar-refractivity contribution in [3.63, 3.8) is 0 Å². The number of nitrogens with two attached hydrogens (primary N) is 2. The third-order valence-electron chi connectivity index (χ3n) is 5.78. The number of piperidine rings is 1. The molecule has 9 nitrogen and oxygen atoms in total. The Morgan fingerprint density at radius 2 is 1.85 bits per heavy atom. The molecule has 0 saturated carbocycles. The maximum absolute atomic E-state index is 11.9. The Labute approximate surface area is 193 Å². The van der Waals surface area contributed by atoms with Gasteiger partial charge in [0.2, 0.25) is 0 Å². The molecule has 1 aromatic heterocycles. The first kappa shape index (κ1) is 22.7. The van der Waals surface area contributed by atoms with E-state index in [-0.39, 0.29) is 6.04 Å². The number of nitrogens with zero attached hydrogens (tertiary/aromatic N) is 2. The average Bonchev–Trinajstić information content (AvgIpc) is 3.25. The highest BCUT2D eigenvalue weighted by Gasteiger charge is 2.27. The quantitative estimate of drug-likeness (QED) is 0.422. The molecular weight excluding hydrogens is 422 g/mol. The van der Waals surface area contributed by atoms with Crippen LogP contribution in [0.25, 0.3) is 11.1 Å². The van der Waals surface area contributed by atoms with Gasteiger partial charge in [-0.2, -0.15) is 4.98 Å². The first-order valence-electron chi connectivity index (χ1n) is 11.4. The van der Waals surface area contributed by atoms with Gasteiger partial charge in [0.05, 0.1) is 18.8 Å². The predicted molar refractivity (Wildman–Crippen MR) is 128 cm³/mol. The summed E-state index contributed by atoms with van der Waals surface area (Å²) in [5.74, 6) is 0.657. The van der Waals surface area contributed by atoms with Crippen LogP contribution in [-0.4, -0.2) is 43.2 Å². The number of benzene rings is 2. The van der Waals surface area contributed by atoms with Crippen molar-refractivity contribution in [2.45, 2.75) is 39.3 Å². The largest absolute Gasteiger partial charge is 0.492 e. The van der Waals surface area contributed by atoms with Gasteiger partial charge in [-0.05, 0) is 69.6 Å². The highest BCUT2D eigenvalue weighted by Crippen LogP contribution is 2.36. The number of hydrogen-bond donors (Lipinski definition) is 3. The third-order valence-corrected chi connectivity index (χ3v) is 5.78. The molecule has 0 aliphatic carbocycles. The summed E-state index contributed by atoms with van der Waals surface area (Å²) < 4.78 is 17.7. The fourth-order valence-electron chi connectivity index (χ4n) is 4.22. The van der Waals surface area contributed by atoms with Gasteiger partial charge >= 0.3 is 0 Å². The van der Waals surface area contributed by atoms with E-state index in [0.29, 0.717) is 59.6 Å². The van der Waals surface area contributed by atoms with Crippen LogP contribution >= 0.6 is 0 Å². The molecule has 0 radical (unpaired) electrons. The molecule has 1 saturated heterocycles. The van der Waals surface area contributed by atoms with E-state index in [2.05, 4.69) is 10.2 Å². The molecule has 1 amide bonds. The van der Waals surface area contributed by atoms with Crippen LogP contribution in [0.15, 0.2) is 34.7 Å². The van der Waals surface area contributed by atoms with Crippen molar-refractivity contribution in [1.82, 2.24) is 10.3 Å². The zero-order chi connectivity index (χ0) is 23.4. The second-order valence-electron chi connectivity index (χ2n) is 7.99. The summed E-state index contributed by atoms with van der Waals surface area (Å²) in [6, 6.07) is 9.74. The maximum Gasteiger partial charge on any atom is 0.298 e. The minimum atomic E-state index is -0.532. The molecule has 5 N–H and O–H groups in total. The van der Waals surface area contributed by atoms with Crippen LogP contribution in [-0.2, 0) is 6.54 Å². The Morgan fingerprint density at radius 1 is 1.18 bits per heavy atom. The Bertz CT molecular complexity index is 1100. The maximum atomic E-state index is 11.9. The van der Waals surface area contributed by atoms with Gasteiger partial charge in [-0.3, -0.25) is 4.79 Å². The fraction of sp³-hybridized carbons (Fsp3) is 0.417. The highest BCUT2D eigenvalue weighted by atomic mass is 16.5. The second kappa shape index (κ2) is 9.99. The Balaban J connectivity index is 1.75. The van der Waals surface area contributed by atoms with Crippen LogP contribution in [0.2, 0.25) is 0 Å². The number of nitrogen functional groups attached to an aromatic ring is 1. The Hall–Kier alpha value is -3.46. The van der Waals surface area contributed by atoms with E-state index >= 15 is 0 Å². The lowest BCUT2D eigenvalue weighted by Gasteiger charge is -2.33. The summed E-state index contributed by atoms with van der Waals surface area (Å²) in [6.45, 7) is 7.17. The minimum Gasteiger partial charge on any atom is -0.492 e. The summed E-state index contributed by atoms with van der Waals surface area (Å²) in [5, 5.41) is 3.40. The number of amides is 1. The molecule has 0 unspecified atom stereocenters. The number of primary amides is 1. The zero-order valence-corrected chi connectivity index (χ0v) is 19.1. The van der Waals surface area contributed by atoms with Crippen molar-refractivity contribution < 1.29 is 18.7 Å². The smallest absolute Gasteiger partial charge is 0.298 e. The van der Waals surface area contributed by atoms with Gasteiger partial charge in [-0.1, -0.05) is 6.07 Å². The molecule has 1 fully saturated rings. The number of nitrogens with one attached hydrogen (secondary N) is 1. The van der Waals surface area contributed by atoms with Gasteiger partial charge in [-0.15, -0.1) is 0 Å². The van der Waals surface area contributed by atoms with Crippen molar-refractivity contribution in [3.8, 4) is 11.5 Å². The number of hydrogen-bond acceptors (Lipinski definition) is 8. The number of aromatic nitrogens is 1. The van der Waals surface area contributed by atoms with Crippen molar-refractivity contribution in [2.75, 3.05) is 36.9 Å². The summed E-state index contributed by atoms with van der Waals surface area (Å²) in [7, 11) is 0. The van der Waals surface area contributed by atoms with Crippen LogP contribution in [0.4, 0.5) is 11.7 Å². The zero-order valence-electron chi connectivity index (χ0n) is 19.1. The molecule has 0 atom stereocenters. The summed E-state index contributed by atoms with van der Waals surface area (Å²) >= 11 is 0. The minimum absolute atomic E-state index is 0.208. The van der Waals surface area contributed by atoms with Crippen LogP contribution in [0.5, 0.6) is 11.5 Å². The van der Waals surface area contributed by atoms with E-state index in [1.807, 2.05) is 26.0 Å². The molecule has 176 valence electrons. The van der Waals surface area contributed by atoms with Gasteiger partial charge in [0, 0.05) is 12.6 Å². The normalized spacial score (nSPS) is 14.4. The van der Waals surface area contributed by atoms with Gasteiger partial charge in [0.1, 0.15) is 22.7 Å². The van der Waals surface area contributed by atoms with E-state index in [9.17, 15) is 4.79 Å². The molecule has 0 spiro atoms. The van der Waals surface area contributed by atoms with Crippen LogP contribution in [0.1, 0.15) is 42.6 Å². The second-order valence-corrected chi connectivity index (χ2v) is 7.99. The van der Waals surface area contributed by atoms with Crippen molar-refractivity contribution in [3.05, 3.63) is 41.5 Å². The number of oxazole rings is 1. The number of ether oxygens (including phenoxy) is 2. The summed E-state index contributed by atoms with van der Waals surface area (Å²) in [4.78, 5) is 18.7. The fourth-order valence-corrected chi connectivity index (χ4v) is 4.22. The van der Waals surface area contributed by atoms with Crippen LogP contribution in [0, 0.1) is 0 Å². The topological polar surface area (TPSA) is 129 Å². The van der Waals surface area contributed by atoms with E-state index in [4.69, 9.17) is 30.3 Å². The number of carbonyl (C=O) groups is 1. The predicted octanol–water partition coefficient (Wildman–Crippen LogP) is 3.06. The van der Waals surface area contributed by atoms with Gasteiger partial charge in [0.25, 0.3) is 11.9 Å². The van der Waals surface area contributed by atoms with Crippen LogP contribution < -0.4 is 31.2 Å². The average molecular weight is 454 g/mol. The Kier molecular flexibility index (Phi) is 6.88. The number of carbonyl (C=O) groups excluding carboxylic acids is 1. The molecule has 33 heavy (non-hydrogen) atoms. The standard InChI is InChI=1S/C24H31N5O4/c1-3-31-19-12-15(13-20(21(19)25)32-4-2)14-29(16-8-10-27-11-9-16)24-28-22-17(23(26)30)6-5-7-18(22)33-24/h5-7,12-13,16,27H,3-4,8-11,14,25H2,1-2H3,(H2,26,30). The molecule has 9 heteroatoms. The highest BCUT2D eigenvalue weighted by molar-refractivity contribution is 6.03. The third kappa shape index (κ3) is 4.83. The van der Waals surface area contributed by atoms with Crippen molar-refractivity contribution >= 4 is 28.7 Å². The number of para-hydroxylation sites is 1. The Morgan fingerprint density at radius 3 is 2.45 bits per heavy atom. The van der Waals surface area contributed by atoms with E-state index in [1.165, 1.54) is 0 Å². The van der Waals surface area contributed by atoms with Gasteiger partial charge in [-0.25, -0.2) is 0 Å². The SMILES string of the molecule is CCOc1cc(CN(c2nc3c(C(N)=O)cccc3o2)C2CCNCC2)cc(OCC)c1N. The molecular formula is C24H31N5O4. The first-order valence-corrected chi connectivity index (χ1v) is 11.4. The monoisotopic (exact) mass is 453 g/mol. The van der Waals surface area contributed by atoms with Crippen molar-refractivity contribution in [1.29, 1.82) is 0 Å². The molecule has 4 rings (SSSR count). The lowest BCUT2D eigenvalue weighted by molar-refractivity contribution is 0.100. The van der Waals surface area contributed by atoms with Gasteiger partial charge in [0.15, 0.2) is 5.58 Å². The van der Waals surface area contributed by atoms with Crippen molar-refractivity contribution in [2.24, 2.45) is 5.73 Å². The first-order chi connectivity index (χ1) is 16.0. The van der Waals surface area contributed by atoms with E-state index < -0.39 is 5.91 Å². The molecule has 1 aliphatic rings. The molecule has 2 aromatic carbocycles. The molecule has 1 aliphatic heterocycles. The van der Waals surface area contributed by atoms with Crippen LogP contribution in [0.3, 0.4) is 0 Å². The molecule has 3 aromatic rings. The molecule has 0 bridgehead atoms. The number of fused-ring (bicyclic) bond motifs is 1. The van der Waals surface area contributed by atoms with Gasteiger partial charge < -0.3 is 35.6 Å². The lowest BCUT2D eigenvalue weighted by atomic mass is 10.0. The summed E-state index contributed by atoms with van der Waals surface area (Å²) in [5.41, 5.74) is 14.6. The van der Waals surface area contributed by atoms with E-state index in [1.54, 1.807) is 18.2 Å². The summed E-state index contributed by atoms with van der Waals surface area (Å²) in [6.07, 6.45) is 1.88.